The quantitative estimate of drug-likeness (QED) is 0.128. The first-order valence-corrected chi connectivity index (χ1v) is 14.8. The number of rotatable bonds is 1. The van der Waals surface area contributed by atoms with Crippen LogP contribution in [0.3, 0.4) is 0 Å². The van der Waals surface area contributed by atoms with Crippen molar-refractivity contribution < 1.29 is 21.7 Å². The average Bonchev–Trinajstić information content (AvgIpc) is 3.48. The minimum atomic E-state index is 0. The summed E-state index contributed by atoms with van der Waals surface area (Å²) in [6, 6.07) is 42.3. The molecule has 44 heavy (non-hydrogen) atoms. The Morgan fingerprint density at radius 1 is 0.477 bits per heavy atom. The fourth-order valence-electron chi connectivity index (χ4n) is 6.04. The van der Waals surface area contributed by atoms with E-state index in [1.807, 2.05) is 0 Å². The van der Waals surface area contributed by atoms with Gasteiger partial charge in [-0.2, -0.15) is 0 Å². The zero-order valence-electron chi connectivity index (χ0n) is 28.0. The first-order chi connectivity index (χ1) is 19.5. The molecule has 7 aromatic carbocycles. The fraction of sp³-hybridized carbons (Fsp3) is 0.209. The van der Waals surface area contributed by atoms with Gasteiger partial charge in [-0.1, -0.05) is 138 Å². The summed E-state index contributed by atoms with van der Waals surface area (Å²) in [5.74, 6) is 0. The molecule has 0 aromatic heterocycles. The van der Waals surface area contributed by atoms with Crippen LogP contribution in [0, 0.1) is 21.8 Å². The predicted molar refractivity (Wildman–Crippen MR) is 194 cm³/mol. The van der Waals surface area contributed by atoms with Gasteiger partial charge < -0.3 is 14.9 Å². The number of benzene rings is 5. The predicted octanol–water partition coefficient (Wildman–Crippen LogP) is 12.9. The largest absolute Gasteiger partial charge is 4.00 e. The number of fused-ring (bicyclic) bond motifs is 5. The topological polar surface area (TPSA) is 0 Å². The normalized spacial score (nSPS) is 11.4. The summed E-state index contributed by atoms with van der Waals surface area (Å²) in [6.45, 7) is 15.8. The zero-order valence-corrected chi connectivity index (χ0v) is 29.5. The van der Waals surface area contributed by atoms with Crippen molar-refractivity contribution in [2.75, 3.05) is 0 Å². The second-order valence-corrected chi connectivity index (χ2v) is 13.6. The number of hydrogen-bond donors (Lipinski definition) is 0. The van der Waals surface area contributed by atoms with Crippen LogP contribution in [0.15, 0.2) is 115 Å². The summed E-state index contributed by atoms with van der Waals surface area (Å²) >= 11 is 0. The Kier molecular flexibility index (Phi) is 10.6. The van der Waals surface area contributed by atoms with Gasteiger partial charge in [0.25, 0.3) is 0 Å². The molecule has 0 atom stereocenters. The first-order valence-electron chi connectivity index (χ1n) is 14.8. The summed E-state index contributed by atoms with van der Waals surface area (Å²) < 4.78 is 0. The molecule has 0 aliphatic heterocycles. The molecular formula is C43H46Ti. The molecule has 0 unspecified atom stereocenters. The molecular weight excluding hydrogens is 564 g/mol. The van der Waals surface area contributed by atoms with Crippen LogP contribution in [-0.4, -0.2) is 0 Å². The molecule has 0 aliphatic rings. The Hall–Kier alpha value is -3.45. The van der Waals surface area contributed by atoms with Crippen molar-refractivity contribution in [1.82, 2.24) is 0 Å². The van der Waals surface area contributed by atoms with Crippen LogP contribution in [0.25, 0.3) is 54.2 Å². The standard InChI is InChI=1S/C21H25.C20H15.2CH3.Ti/c1-20(2,3)16-9-10-18-15(12-16)11-14-7-8-17(13-19(14)18)21(4,5)6;1-14-12-17-8-4-5-9-19(17)20(14)18-11-10-15-6-2-3-7-16(15)13-18;;;/h7-13H,1-6H3;2-13H,1H3;2*1H3;/q4*-1;+4. The molecule has 0 aliphatic carbocycles. The van der Waals surface area contributed by atoms with Gasteiger partial charge in [0.05, 0.1) is 0 Å². The van der Waals surface area contributed by atoms with Crippen molar-refractivity contribution in [3.8, 4) is 11.1 Å². The van der Waals surface area contributed by atoms with Gasteiger partial charge in [-0.3, -0.25) is 0 Å². The minimum Gasteiger partial charge on any atom is -0.358 e. The molecule has 0 bridgehead atoms. The van der Waals surface area contributed by atoms with Crippen LogP contribution in [-0.2, 0) is 32.5 Å². The molecule has 0 N–H and O–H groups in total. The van der Waals surface area contributed by atoms with E-state index >= 15 is 0 Å². The van der Waals surface area contributed by atoms with Crippen molar-refractivity contribution in [2.24, 2.45) is 0 Å². The number of aryl methyl sites for hydroxylation is 1. The summed E-state index contributed by atoms with van der Waals surface area (Å²) in [6.07, 6.45) is 0. The zero-order chi connectivity index (χ0) is 28.9. The monoisotopic (exact) mass is 610 g/mol. The van der Waals surface area contributed by atoms with Crippen LogP contribution < -0.4 is 0 Å². The third-order valence-electron chi connectivity index (χ3n) is 8.47. The van der Waals surface area contributed by atoms with Gasteiger partial charge in [0.2, 0.25) is 0 Å². The minimum absolute atomic E-state index is 0. The molecule has 0 heterocycles. The molecule has 7 aromatic rings. The van der Waals surface area contributed by atoms with E-state index in [0.717, 1.165) is 0 Å². The summed E-state index contributed by atoms with van der Waals surface area (Å²) in [7, 11) is 0. The molecule has 0 fully saturated rings. The van der Waals surface area contributed by atoms with E-state index in [4.69, 9.17) is 0 Å². The van der Waals surface area contributed by atoms with Crippen LogP contribution in [0.1, 0.15) is 58.2 Å². The third kappa shape index (κ3) is 6.78. The first kappa shape index (κ1) is 35.0. The third-order valence-corrected chi connectivity index (χ3v) is 8.47. The van der Waals surface area contributed by atoms with E-state index in [0.29, 0.717) is 0 Å². The molecule has 0 amide bonds. The molecule has 0 saturated heterocycles. The van der Waals surface area contributed by atoms with Gasteiger partial charge >= 0.3 is 21.7 Å². The van der Waals surface area contributed by atoms with E-state index in [1.54, 1.807) is 0 Å². The van der Waals surface area contributed by atoms with E-state index in [9.17, 15) is 0 Å². The maximum Gasteiger partial charge on any atom is 4.00 e. The smallest absolute Gasteiger partial charge is 0.358 e. The molecule has 7 rings (SSSR count). The van der Waals surface area contributed by atoms with E-state index in [-0.39, 0.29) is 47.4 Å². The van der Waals surface area contributed by atoms with E-state index < -0.39 is 0 Å². The average molecular weight is 611 g/mol. The summed E-state index contributed by atoms with van der Waals surface area (Å²) in [5, 5.41) is 10.8. The van der Waals surface area contributed by atoms with Crippen LogP contribution >= 0.6 is 0 Å². The van der Waals surface area contributed by atoms with Crippen molar-refractivity contribution in [3.63, 3.8) is 0 Å². The van der Waals surface area contributed by atoms with Gasteiger partial charge in [-0.15, -0.1) is 85.9 Å². The van der Waals surface area contributed by atoms with Crippen molar-refractivity contribution in [2.45, 2.75) is 59.3 Å². The van der Waals surface area contributed by atoms with Gasteiger partial charge in [-0.05, 0) is 21.6 Å². The Morgan fingerprint density at radius 3 is 1.77 bits per heavy atom. The summed E-state index contributed by atoms with van der Waals surface area (Å²) in [4.78, 5) is 0. The summed E-state index contributed by atoms with van der Waals surface area (Å²) in [5.41, 5.74) is 7.23. The SMILES string of the molecule is CC(C)(C)c1ccc2c(c1)[cH-]c1ccc(C(C)(C)C)cc12.Cc1[cH-]c2ccccc2c1-c1ccc2ccccc2c1.[CH3-].[CH3-].[Ti+4]. The van der Waals surface area contributed by atoms with Crippen LogP contribution in [0.4, 0.5) is 0 Å². The second kappa shape index (κ2) is 13.3. The second-order valence-electron chi connectivity index (χ2n) is 13.6. The van der Waals surface area contributed by atoms with Crippen LogP contribution in [0.2, 0.25) is 0 Å². The van der Waals surface area contributed by atoms with E-state index in [1.165, 1.54) is 70.9 Å². The Bertz CT molecular complexity index is 2010. The molecule has 0 nitrogen and oxygen atoms in total. The maximum absolute atomic E-state index is 2.37. The molecule has 222 valence electrons. The van der Waals surface area contributed by atoms with Crippen molar-refractivity contribution in [1.29, 1.82) is 0 Å². The van der Waals surface area contributed by atoms with Gasteiger partial charge in [0.1, 0.15) is 0 Å². The molecule has 0 saturated carbocycles. The van der Waals surface area contributed by atoms with Gasteiger partial charge in [-0.25, -0.2) is 0 Å². The van der Waals surface area contributed by atoms with Crippen molar-refractivity contribution in [3.05, 3.63) is 147 Å². The van der Waals surface area contributed by atoms with E-state index in [2.05, 4.69) is 164 Å². The Morgan fingerprint density at radius 2 is 1.07 bits per heavy atom. The maximum atomic E-state index is 2.37. The molecule has 0 spiro atoms. The van der Waals surface area contributed by atoms with Crippen molar-refractivity contribution >= 4 is 43.1 Å². The molecule has 0 radical (unpaired) electrons. The fourth-order valence-corrected chi connectivity index (χ4v) is 6.04. The Balaban J connectivity index is 0.000000225. The van der Waals surface area contributed by atoms with Gasteiger partial charge in [0, 0.05) is 0 Å². The van der Waals surface area contributed by atoms with Gasteiger partial charge in [0.15, 0.2) is 0 Å². The van der Waals surface area contributed by atoms with Crippen LogP contribution in [0.5, 0.6) is 0 Å². The Labute approximate surface area is 280 Å². The molecule has 1 heteroatoms. The number of hydrogen-bond acceptors (Lipinski definition) is 0.